The van der Waals surface area contributed by atoms with E-state index in [0.717, 1.165) is 0 Å². The van der Waals surface area contributed by atoms with Gasteiger partial charge in [0, 0.05) is 6.04 Å². The number of halogens is 3. The zero-order valence-corrected chi connectivity index (χ0v) is 11.5. The Balaban J connectivity index is 0.00000256. The lowest BCUT2D eigenvalue weighted by Gasteiger charge is -2.07. The Morgan fingerprint density at radius 3 is 2.47 bits per heavy atom. The van der Waals surface area contributed by atoms with Gasteiger partial charge in [0.25, 0.3) is 0 Å². The predicted molar refractivity (Wildman–Crippen MR) is 69.6 cm³/mol. The number of nitrogens with two attached hydrogens (primary N) is 1. The van der Waals surface area contributed by atoms with Crippen LogP contribution in [-0.2, 0) is 16.1 Å². The van der Waals surface area contributed by atoms with Gasteiger partial charge in [-0.3, -0.25) is 4.79 Å². The summed E-state index contributed by atoms with van der Waals surface area (Å²) in [5, 5.41) is 0.538. The molecule has 0 fully saturated rings. The average Bonchev–Trinajstić information content (AvgIpc) is 2.12. The van der Waals surface area contributed by atoms with Crippen molar-refractivity contribution in [1.82, 2.24) is 4.98 Å². The number of pyridine rings is 1. The maximum Gasteiger partial charge on any atom is 0.307 e. The Kier molecular flexibility index (Phi) is 7.46. The van der Waals surface area contributed by atoms with E-state index in [4.69, 9.17) is 33.7 Å². The van der Waals surface area contributed by atoms with E-state index in [1.165, 1.54) is 0 Å². The molecule has 2 N–H and O–H groups in total. The van der Waals surface area contributed by atoms with Gasteiger partial charge in [-0.25, -0.2) is 4.98 Å². The number of carbonyl (C=O) groups excluding carboxylic acids is 1. The number of nitrogens with zero attached hydrogens (tertiary/aromatic N) is 1. The topological polar surface area (TPSA) is 65.2 Å². The molecule has 0 spiro atoms. The van der Waals surface area contributed by atoms with Gasteiger partial charge in [0.15, 0.2) is 0 Å². The maximum absolute atomic E-state index is 11.2. The minimum absolute atomic E-state index is 0. The first kappa shape index (κ1) is 16.4. The second-order valence-electron chi connectivity index (χ2n) is 3.46. The van der Waals surface area contributed by atoms with Gasteiger partial charge >= 0.3 is 5.97 Å². The third kappa shape index (κ3) is 6.68. The van der Waals surface area contributed by atoms with Crippen molar-refractivity contribution < 1.29 is 9.53 Å². The van der Waals surface area contributed by atoms with Gasteiger partial charge < -0.3 is 10.5 Å². The molecule has 0 unspecified atom stereocenters. The summed E-state index contributed by atoms with van der Waals surface area (Å²) in [4.78, 5) is 15.0. The average molecular weight is 300 g/mol. The Morgan fingerprint density at radius 2 is 2.00 bits per heavy atom. The van der Waals surface area contributed by atoms with Gasteiger partial charge in [-0.05, 0) is 24.6 Å². The number of hydrogen-bond acceptors (Lipinski definition) is 4. The van der Waals surface area contributed by atoms with Crippen LogP contribution in [0.2, 0.25) is 10.3 Å². The Morgan fingerprint density at radius 1 is 1.47 bits per heavy atom. The van der Waals surface area contributed by atoms with E-state index in [1.54, 1.807) is 19.1 Å². The lowest BCUT2D eigenvalue weighted by Crippen LogP contribution is -2.21. The van der Waals surface area contributed by atoms with E-state index in [9.17, 15) is 4.79 Å². The highest BCUT2D eigenvalue weighted by atomic mass is 35.5. The van der Waals surface area contributed by atoms with Crippen LogP contribution >= 0.6 is 35.6 Å². The summed E-state index contributed by atoms with van der Waals surface area (Å²) in [6.45, 7) is 1.86. The van der Waals surface area contributed by atoms with E-state index in [0.29, 0.717) is 5.56 Å². The highest BCUT2D eigenvalue weighted by molar-refractivity contribution is 6.32. The van der Waals surface area contributed by atoms with Gasteiger partial charge in [0.2, 0.25) is 0 Å². The standard InChI is InChI=1S/C10H12Cl2N2O2.ClH/c1-6(13)2-10(15)16-5-7-3-8(11)14-9(12)4-7;/h3-4,6H,2,5,13H2,1H3;1H/t6-;/m1./s1. The largest absolute Gasteiger partial charge is 0.461 e. The van der Waals surface area contributed by atoms with Crippen LogP contribution in [-0.4, -0.2) is 17.0 Å². The summed E-state index contributed by atoms with van der Waals surface area (Å²) in [5.41, 5.74) is 6.15. The minimum Gasteiger partial charge on any atom is -0.461 e. The monoisotopic (exact) mass is 298 g/mol. The number of aromatic nitrogens is 1. The van der Waals surface area contributed by atoms with Crippen molar-refractivity contribution in [3.63, 3.8) is 0 Å². The van der Waals surface area contributed by atoms with Crippen LogP contribution in [0.4, 0.5) is 0 Å². The van der Waals surface area contributed by atoms with Crippen molar-refractivity contribution in [2.45, 2.75) is 26.0 Å². The molecule has 0 saturated heterocycles. The highest BCUT2D eigenvalue weighted by Crippen LogP contribution is 2.15. The van der Waals surface area contributed by atoms with E-state index in [1.807, 2.05) is 0 Å². The second-order valence-corrected chi connectivity index (χ2v) is 4.24. The summed E-state index contributed by atoms with van der Waals surface area (Å²) in [6, 6.07) is 2.97. The molecule has 0 aliphatic rings. The van der Waals surface area contributed by atoms with Gasteiger partial charge in [-0.15, -0.1) is 12.4 Å². The molecule has 0 bridgehead atoms. The predicted octanol–water partition coefficient (Wildman–Crippen LogP) is 2.59. The number of hydrogen-bond donors (Lipinski definition) is 1. The molecule has 1 aromatic heterocycles. The molecule has 0 radical (unpaired) electrons. The van der Waals surface area contributed by atoms with E-state index < -0.39 is 0 Å². The molecule has 96 valence electrons. The molecule has 17 heavy (non-hydrogen) atoms. The fourth-order valence-electron chi connectivity index (χ4n) is 1.08. The van der Waals surface area contributed by atoms with Crippen LogP contribution in [0, 0.1) is 0 Å². The molecule has 0 aliphatic carbocycles. The van der Waals surface area contributed by atoms with Crippen LogP contribution in [0.5, 0.6) is 0 Å². The van der Waals surface area contributed by atoms with Gasteiger partial charge in [0.05, 0.1) is 6.42 Å². The van der Waals surface area contributed by atoms with Crippen molar-refractivity contribution in [3.8, 4) is 0 Å². The highest BCUT2D eigenvalue weighted by Gasteiger charge is 2.07. The van der Waals surface area contributed by atoms with Crippen LogP contribution < -0.4 is 5.73 Å². The number of esters is 1. The van der Waals surface area contributed by atoms with Crippen molar-refractivity contribution >= 4 is 41.6 Å². The first-order valence-corrected chi connectivity index (χ1v) is 5.46. The molecular weight excluding hydrogens is 286 g/mol. The summed E-state index contributed by atoms with van der Waals surface area (Å²) in [7, 11) is 0. The third-order valence-corrected chi connectivity index (χ3v) is 2.10. The first-order chi connectivity index (χ1) is 7.47. The van der Waals surface area contributed by atoms with Crippen LogP contribution in [0.1, 0.15) is 18.9 Å². The Bertz CT molecular complexity index is 366. The first-order valence-electron chi connectivity index (χ1n) is 4.70. The molecule has 1 rings (SSSR count). The molecule has 0 aromatic carbocycles. The van der Waals surface area contributed by atoms with Crippen molar-refractivity contribution in [2.24, 2.45) is 5.73 Å². The Hall–Kier alpha value is -0.550. The summed E-state index contributed by atoms with van der Waals surface area (Å²) in [5.74, 6) is -0.348. The fourth-order valence-corrected chi connectivity index (χ4v) is 1.59. The van der Waals surface area contributed by atoms with Gasteiger partial charge in [-0.2, -0.15) is 0 Å². The summed E-state index contributed by atoms with van der Waals surface area (Å²) < 4.78 is 4.98. The molecule has 1 atom stereocenters. The molecule has 1 aromatic rings. The molecule has 7 heteroatoms. The number of rotatable bonds is 4. The second kappa shape index (κ2) is 7.71. The zero-order valence-electron chi connectivity index (χ0n) is 9.15. The smallest absolute Gasteiger partial charge is 0.307 e. The lowest BCUT2D eigenvalue weighted by molar-refractivity contribution is -0.145. The maximum atomic E-state index is 11.2. The fraction of sp³-hybridized carbons (Fsp3) is 0.400. The van der Waals surface area contributed by atoms with E-state index in [-0.39, 0.29) is 47.8 Å². The molecule has 4 nitrogen and oxygen atoms in total. The summed E-state index contributed by atoms with van der Waals surface area (Å²) in [6.07, 6.45) is 0.187. The summed E-state index contributed by atoms with van der Waals surface area (Å²) >= 11 is 11.4. The molecular formula is C10H13Cl3N2O2. The molecule has 0 aliphatic heterocycles. The third-order valence-electron chi connectivity index (χ3n) is 1.71. The van der Waals surface area contributed by atoms with Crippen LogP contribution in [0.3, 0.4) is 0 Å². The number of ether oxygens (including phenoxy) is 1. The number of carbonyl (C=O) groups is 1. The quantitative estimate of drug-likeness (QED) is 0.685. The van der Waals surface area contributed by atoms with Gasteiger partial charge in [0.1, 0.15) is 16.9 Å². The Labute approximate surface area is 116 Å². The van der Waals surface area contributed by atoms with Crippen molar-refractivity contribution in [1.29, 1.82) is 0 Å². The molecule has 0 amide bonds. The van der Waals surface area contributed by atoms with Gasteiger partial charge in [-0.1, -0.05) is 23.2 Å². The molecule has 1 heterocycles. The zero-order chi connectivity index (χ0) is 12.1. The lowest BCUT2D eigenvalue weighted by atomic mass is 10.2. The normalized spacial score (nSPS) is 11.5. The molecule has 0 saturated carbocycles. The van der Waals surface area contributed by atoms with E-state index >= 15 is 0 Å². The van der Waals surface area contributed by atoms with Crippen LogP contribution in [0.15, 0.2) is 12.1 Å². The van der Waals surface area contributed by atoms with Crippen molar-refractivity contribution in [3.05, 3.63) is 28.0 Å². The SMILES string of the molecule is C[C@@H](N)CC(=O)OCc1cc(Cl)nc(Cl)c1.Cl. The van der Waals surface area contributed by atoms with Crippen molar-refractivity contribution in [2.75, 3.05) is 0 Å². The van der Waals surface area contributed by atoms with E-state index in [2.05, 4.69) is 4.98 Å². The van der Waals surface area contributed by atoms with Crippen LogP contribution in [0.25, 0.3) is 0 Å². The minimum atomic E-state index is -0.348.